The van der Waals surface area contributed by atoms with E-state index in [1.807, 2.05) is 12.1 Å². The molecule has 2 aromatic rings. The maximum Gasteiger partial charge on any atom is 0.223 e. The molecule has 2 aromatic carbocycles. The Hall–Kier alpha value is -2.62. The lowest BCUT2D eigenvalue weighted by Gasteiger charge is -2.34. The lowest BCUT2D eigenvalue weighted by Crippen LogP contribution is -2.46. The molecule has 0 bridgehead atoms. The van der Waals surface area contributed by atoms with Gasteiger partial charge >= 0.3 is 0 Å². The van der Waals surface area contributed by atoms with E-state index >= 15 is 0 Å². The number of hydrogen-bond acceptors (Lipinski definition) is 2. The van der Waals surface area contributed by atoms with Crippen molar-refractivity contribution in [1.82, 2.24) is 10.6 Å². The van der Waals surface area contributed by atoms with Crippen molar-refractivity contribution in [1.29, 1.82) is 0 Å². The summed E-state index contributed by atoms with van der Waals surface area (Å²) in [7, 11) is 0. The van der Waals surface area contributed by atoms with Crippen LogP contribution < -0.4 is 10.6 Å². The van der Waals surface area contributed by atoms with E-state index in [-0.39, 0.29) is 35.7 Å². The van der Waals surface area contributed by atoms with Crippen molar-refractivity contribution < 1.29 is 9.59 Å². The number of carbonyl (C=O) groups is 2. The van der Waals surface area contributed by atoms with E-state index in [1.165, 1.54) is 11.1 Å². The Morgan fingerprint density at radius 1 is 0.656 bits per heavy atom. The summed E-state index contributed by atoms with van der Waals surface area (Å²) in [6, 6.07) is 21.5. The maximum atomic E-state index is 11.7. The number of amides is 2. The van der Waals surface area contributed by atoms with Gasteiger partial charge in [-0.1, -0.05) is 74.5 Å². The molecule has 2 N–H and O–H groups in total. The minimum atomic E-state index is 0.182. The third-order valence-corrected chi connectivity index (χ3v) is 7.21. The average Bonchev–Trinajstić information content (AvgIpc) is 2.81. The van der Waals surface area contributed by atoms with E-state index in [2.05, 4.69) is 86.9 Å². The third-order valence-electron chi connectivity index (χ3n) is 7.21. The fraction of sp³-hybridized carbons (Fsp3) is 0.500. The lowest BCUT2D eigenvalue weighted by atomic mass is 9.79. The number of hydrogen-bond donors (Lipinski definition) is 2. The third kappa shape index (κ3) is 5.79. The molecule has 0 aromatic heterocycles. The second kappa shape index (κ2) is 11.3. The average molecular weight is 435 g/mol. The first-order valence-electron chi connectivity index (χ1n) is 12.1. The smallest absolute Gasteiger partial charge is 0.223 e. The van der Waals surface area contributed by atoms with Gasteiger partial charge in [0.05, 0.1) is 0 Å². The van der Waals surface area contributed by atoms with Crippen molar-refractivity contribution in [2.45, 2.75) is 77.3 Å². The molecule has 4 rings (SSSR count). The molecular formula is C28H38N2O2. The van der Waals surface area contributed by atoms with Gasteiger partial charge in [0, 0.05) is 35.8 Å². The molecule has 0 radical (unpaired) electrons. The zero-order chi connectivity index (χ0) is 23.1. The second-order valence-electron chi connectivity index (χ2n) is 9.31. The predicted octanol–water partition coefficient (Wildman–Crippen LogP) is 5.41. The van der Waals surface area contributed by atoms with Crippen LogP contribution in [0.15, 0.2) is 60.7 Å². The van der Waals surface area contributed by atoms with E-state index in [1.54, 1.807) is 0 Å². The first-order valence-corrected chi connectivity index (χ1v) is 12.1. The van der Waals surface area contributed by atoms with E-state index < -0.39 is 0 Å². The summed E-state index contributed by atoms with van der Waals surface area (Å²) >= 11 is 0. The zero-order valence-electron chi connectivity index (χ0n) is 19.9. The number of rotatable bonds is 4. The van der Waals surface area contributed by atoms with Gasteiger partial charge in [-0.05, 0) is 50.7 Å². The highest BCUT2D eigenvalue weighted by molar-refractivity contribution is 5.80. The van der Waals surface area contributed by atoms with Crippen LogP contribution in [0, 0.1) is 11.8 Å². The van der Waals surface area contributed by atoms with Gasteiger partial charge in [0.2, 0.25) is 11.8 Å². The van der Waals surface area contributed by atoms with Crippen molar-refractivity contribution in [3.05, 3.63) is 71.8 Å². The van der Waals surface area contributed by atoms with Crippen LogP contribution in [0.4, 0.5) is 0 Å². The Morgan fingerprint density at radius 3 is 1.31 bits per heavy atom. The fourth-order valence-corrected chi connectivity index (χ4v) is 5.08. The topological polar surface area (TPSA) is 58.2 Å². The van der Waals surface area contributed by atoms with Crippen molar-refractivity contribution >= 4 is 11.8 Å². The number of nitrogens with one attached hydrogen (secondary N) is 2. The Kier molecular flexibility index (Phi) is 8.49. The van der Waals surface area contributed by atoms with E-state index in [9.17, 15) is 9.59 Å². The number of carbonyl (C=O) groups excluding carboxylic acids is 2. The molecule has 0 aliphatic carbocycles. The van der Waals surface area contributed by atoms with Crippen LogP contribution in [0.25, 0.3) is 0 Å². The molecule has 4 heteroatoms. The molecule has 0 unspecified atom stereocenters. The van der Waals surface area contributed by atoms with Gasteiger partial charge in [0.25, 0.3) is 0 Å². The Morgan fingerprint density at radius 2 is 1.00 bits per heavy atom. The van der Waals surface area contributed by atoms with Gasteiger partial charge in [-0.25, -0.2) is 0 Å². The second-order valence-corrected chi connectivity index (χ2v) is 9.31. The van der Waals surface area contributed by atoms with E-state index in [0.717, 1.165) is 25.7 Å². The van der Waals surface area contributed by atoms with Crippen molar-refractivity contribution in [3.8, 4) is 0 Å². The summed E-state index contributed by atoms with van der Waals surface area (Å²) in [5, 5.41) is 6.18. The summed E-state index contributed by atoms with van der Waals surface area (Å²) in [5.41, 5.74) is 2.68. The lowest BCUT2D eigenvalue weighted by molar-refractivity contribution is -0.129. The van der Waals surface area contributed by atoms with E-state index in [4.69, 9.17) is 0 Å². The van der Waals surface area contributed by atoms with Crippen molar-refractivity contribution in [2.24, 2.45) is 11.8 Å². The highest BCUT2D eigenvalue weighted by atomic mass is 16.2. The minimum Gasteiger partial charge on any atom is -0.353 e. The van der Waals surface area contributed by atoms with Gasteiger partial charge in [0.1, 0.15) is 0 Å². The summed E-state index contributed by atoms with van der Waals surface area (Å²) in [4.78, 5) is 23.4. The number of benzene rings is 2. The molecule has 0 spiro atoms. The van der Waals surface area contributed by atoms with Gasteiger partial charge in [-0.15, -0.1) is 0 Å². The molecule has 0 saturated carbocycles. The Bertz CT molecular complexity index is 794. The van der Waals surface area contributed by atoms with Crippen molar-refractivity contribution in [2.75, 3.05) is 0 Å². The summed E-state index contributed by atoms with van der Waals surface area (Å²) in [6.45, 7) is 8.37. The monoisotopic (exact) mass is 434 g/mol. The predicted molar refractivity (Wildman–Crippen MR) is 130 cm³/mol. The maximum absolute atomic E-state index is 11.7. The largest absolute Gasteiger partial charge is 0.353 e. The number of piperidine rings is 2. The molecule has 2 aliphatic heterocycles. The first-order chi connectivity index (χ1) is 15.4. The molecule has 2 fully saturated rings. The molecule has 2 saturated heterocycles. The Labute approximate surface area is 193 Å². The molecule has 2 aliphatic rings. The molecular weight excluding hydrogens is 396 g/mol. The van der Waals surface area contributed by atoms with Crippen LogP contribution in [-0.4, -0.2) is 23.9 Å². The van der Waals surface area contributed by atoms with Crippen LogP contribution in [0.3, 0.4) is 0 Å². The van der Waals surface area contributed by atoms with Gasteiger partial charge in [0.15, 0.2) is 0 Å². The quantitative estimate of drug-likeness (QED) is 0.676. The molecule has 172 valence electrons. The van der Waals surface area contributed by atoms with Gasteiger partial charge in [-0.2, -0.15) is 0 Å². The first kappa shape index (κ1) is 24.0. The highest BCUT2D eigenvalue weighted by Crippen LogP contribution is 2.33. The van der Waals surface area contributed by atoms with Crippen LogP contribution in [0.5, 0.6) is 0 Å². The SMILES string of the molecule is CC[C@@H]1C[C@H](c2ccccc2)[C@@H](C)NC1=O.CC[C@H]1C[C@H](c2ccccc2)[C@@H](C)NC1=O. The summed E-state index contributed by atoms with van der Waals surface area (Å²) < 4.78 is 0. The standard InChI is InChI=1S/2C14H19NO/c2*1-3-11-9-13(10(2)15-14(11)16)12-7-5-4-6-8-12/h2*4-8,10-11,13H,3,9H2,1-2H3,(H,15,16)/t10-,11+,13+;10-,11-,13+/m11/s1. The van der Waals surface area contributed by atoms with Crippen LogP contribution in [0.2, 0.25) is 0 Å². The molecule has 4 nitrogen and oxygen atoms in total. The Balaban J connectivity index is 0.000000181. The molecule has 2 heterocycles. The zero-order valence-corrected chi connectivity index (χ0v) is 19.9. The minimum absolute atomic E-state index is 0.182. The van der Waals surface area contributed by atoms with Crippen LogP contribution in [-0.2, 0) is 9.59 Å². The summed E-state index contributed by atoms with van der Waals surface area (Å²) in [5.74, 6) is 1.74. The van der Waals surface area contributed by atoms with E-state index in [0.29, 0.717) is 11.8 Å². The van der Waals surface area contributed by atoms with Gasteiger partial charge < -0.3 is 10.6 Å². The fourth-order valence-electron chi connectivity index (χ4n) is 5.08. The molecule has 32 heavy (non-hydrogen) atoms. The van der Waals surface area contributed by atoms with Crippen molar-refractivity contribution in [3.63, 3.8) is 0 Å². The summed E-state index contributed by atoms with van der Waals surface area (Å²) in [6.07, 6.45) is 3.82. The van der Waals surface area contributed by atoms with Crippen LogP contribution in [0.1, 0.15) is 76.3 Å². The molecule has 2 amide bonds. The van der Waals surface area contributed by atoms with Crippen LogP contribution >= 0.6 is 0 Å². The van der Waals surface area contributed by atoms with Gasteiger partial charge in [-0.3, -0.25) is 9.59 Å². The normalized spacial score (nSPS) is 29.9. The highest BCUT2D eigenvalue weighted by Gasteiger charge is 2.33. The molecule has 6 atom stereocenters.